The van der Waals surface area contributed by atoms with Gasteiger partial charge in [0.05, 0.1) is 0 Å². The van der Waals surface area contributed by atoms with Gasteiger partial charge in [-0.25, -0.2) is 0 Å². The van der Waals surface area contributed by atoms with Gasteiger partial charge in [0.25, 0.3) is 5.91 Å². The first-order chi connectivity index (χ1) is 10.1. The summed E-state index contributed by atoms with van der Waals surface area (Å²) in [7, 11) is 0. The molecule has 0 saturated carbocycles. The van der Waals surface area contributed by atoms with E-state index in [1.807, 2.05) is 0 Å². The van der Waals surface area contributed by atoms with Crippen LogP contribution < -0.4 is 15.8 Å². The van der Waals surface area contributed by atoms with Gasteiger partial charge >= 0.3 is 0 Å². The number of amides is 1. The van der Waals surface area contributed by atoms with Crippen molar-refractivity contribution in [3.8, 4) is 5.75 Å². The second-order valence-electron chi connectivity index (χ2n) is 3.97. The van der Waals surface area contributed by atoms with E-state index in [4.69, 9.17) is 31.7 Å². The second-order valence-corrected chi connectivity index (χ2v) is 4.34. The molecular weight excluding hydrogens is 298 g/mol. The maximum atomic E-state index is 11.9. The number of anilines is 1. The summed E-state index contributed by atoms with van der Waals surface area (Å²) in [5, 5.41) is 14.0. The molecule has 2 rings (SSSR count). The topological polar surface area (TPSA) is 110 Å². The van der Waals surface area contributed by atoms with Crippen LogP contribution >= 0.6 is 11.6 Å². The number of oxime groups is 1. The lowest BCUT2D eigenvalue weighted by Gasteiger charge is -2.07. The highest BCUT2D eigenvalue weighted by Gasteiger charge is 2.11. The predicted molar refractivity (Wildman–Crippen MR) is 77.0 cm³/mol. The van der Waals surface area contributed by atoms with Gasteiger partial charge in [-0.15, -0.1) is 0 Å². The van der Waals surface area contributed by atoms with Crippen molar-refractivity contribution in [1.29, 1.82) is 0 Å². The number of nitrogens with two attached hydrogens (primary N) is 1. The molecule has 8 heteroatoms. The van der Waals surface area contributed by atoms with Crippen LogP contribution in [0.15, 0.2) is 46.0 Å². The van der Waals surface area contributed by atoms with Crippen molar-refractivity contribution in [2.24, 2.45) is 10.9 Å². The number of hydrogen-bond acceptors (Lipinski definition) is 5. The van der Waals surface area contributed by atoms with E-state index < -0.39 is 5.91 Å². The van der Waals surface area contributed by atoms with E-state index in [0.29, 0.717) is 11.4 Å². The van der Waals surface area contributed by atoms with E-state index in [9.17, 15) is 4.79 Å². The molecule has 0 bridgehead atoms. The SMILES string of the molecule is N/C(COc1cccc(NC(=O)c2ccc(Cl)o2)c1)=N/O. The molecule has 0 fully saturated rings. The first kappa shape index (κ1) is 14.7. The Balaban J connectivity index is 2.02. The number of hydrogen-bond donors (Lipinski definition) is 3. The van der Waals surface area contributed by atoms with E-state index in [0.717, 1.165) is 0 Å². The number of nitrogens with one attached hydrogen (secondary N) is 1. The normalized spacial score (nSPS) is 11.2. The molecule has 0 aliphatic rings. The van der Waals surface area contributed by atoms with E-state index in [1.54, 1.807) is 24.3 Å². The average molecular weight is 310 g/mol. The zero-order chi connectivity index (χ0) is 15.2. The Labute approximate surface area is 124 Å². The molecule has 0 unspecified atom stereocenters. The van der Waals surface area contributed by atoms with Crippen molar-refractivity contribution < 1.29 is 19.2 Å². The van der Waals surface area contributed by atoms with Crippen molar-refractivity contribution in [2.75, 3.05) is 11.9 Å². The first-order valence-corrected chi connectivity index (χ1v) is 6.22. The van der Waals surface area contributed by atoms with Gasteiger partial charge in [-0.2, -0.15) is 0 Å². The molecule has 1 aromatic carbocycles. The van der Waals surface area contributed by atoms with Gasteiger partial charge in [-0.1, -0.05) is 11.2 Å². The predicted octanol–water partition coefficient (Wildman–Crippen LogP) is 2.31. The van der Waals surface area contributed by atoms with E-state index >= 15 is 0 Å². The van der Waals surface area contributed by atoms with Crippen LogP contribution in [-0.4, -0.2) is 23.6 Å². The summed E-state index contributed by atoms with van der Waals surface area (Å²) in [6.07, 6.45) is 0. The lowest BCUT2D eigenvalue weighted by molar-refractivity contribution is 0.0997. The third-order valence-electron chi connectivity index (χ3n) is 2.40. The van der Waals surface area contributed by atoms with Crippen molar-refractivity contribution in [3.05, 3.63) is 47.4 Å². The molecule has 0 saturated heterocycles. The second kappa shape index (κ2) is 6.67. The van der Waals surface area contributed by atoms with Crippen LogP contribution in [0.1, 0.15) is 10.6 Å². The summed E-state index contributed by atoms with van der Waals surface area (Å²) in [6, 6.07) is 9.58. The molecule has 7 nitrogen and oxygen atoms in total. The maximum absolute atomic E-state index is 11.9. The van der Waals surface area contributed by atoms with Crippen LogP contribution in [0.3, 0.4) is 0 Å². The Morgan fingerprint density at radius 2 is 2.24 bits per heavy atom. The Morgan fingerprint density at radius 1 is 1.43 bits per heavy atom. The number of halogens is 1. The molecule has 1 heterocycles. The lowest BCUT2D eigenvalue weighted by atomic mass is 10.3. The fourth-order valence-corrected chi connectivity index (χ4v) is 1.62. The molecule has 110 valence electrons. The number of nitrogens with zero attached hydrogens (tertiary/aromatic N) is 1. The van der Waals surface area contributed by atoms with Gasteiger partial charge in [0.15, 0.2) is 16.8 Å². The van der Waals surface area contributed by atoms with Crippen molar-refractivity contribution in [2.45, 2.75) is 0 Å². The van der Waals surface area contributed by atoms with Crippen LogP contribution in [0.5, 0.6) is 5.75 Å². The van der Waals surface area contributed by atoms with Crippen molar-refractivity contribution in [3.63, 3.8) is 0 Å². The minimum Gasteiger partial charge on any atom is -0.485 e. The summed E-state index contributed by atoms with van der Waals surface area (Å²) >= 11 is 5.61. The number of rotatable bonds is 5. The minimum atomic E-state index is -0.435. The Hall–Kier alpha value is -2.67. The molecule has 4 N–H and O–H groups in total. The van der Waals surface area contributed by atoms with E-state index in [-0.39, 0.29) is 23.4 Å². The summed E-state index contributed by atoms with van der Waals surface area (Å²) in [4.78, 5) is 11.9. The third-order valence-corrected chi connectivity index (χ3v) is 2.61. The molecule has 21 heavy (non-hydrogen) atoms. The summed E-state index contributed by atoms with van der Waals surface area (Å²) < 4.78 is 10.3. The summed E-state index contributed by atoms with van der Waals surface area (Å²) in [5.41, 5.74) is 5.80. The van der Waals surface area contributed by atoms with E-state index in [2.05, 4.69) is 10.5 Å². The van der Waals surface area contributed by atoms with Gasteiger partial charge in [-0.3, -0.25) is 4.79 Å². The smallest absolute Gasteiger partial charge is 0.291 e. The Bertz CT molecular complexity index is 669. The molecule has 0 aliphatic heterocycles. The minimum absolute atomic E-state index is 0.0605. The molecule has 1 amide bonds. The van der Waals surface area contributed by atoms with Crippen molar-refractivity contribution in [1.82, 2.24) is 0 Å². The largest absolute Gasteiger partial charge is 0.485 e. The standard InChI is InChI=1S/C13H12ClN3O4/c14-11-5-4-10(21-11)13(18)16-8-2-1-3-9(6-8)20-7-12(15)17-19/h1-6,19H,7H2,(H2,15,17)(H,16,18). The van der Waals surface area contributed by atoms with Crippen LogP contribution in [0.25, 0.3) is 0 Å². The number of carbonyl (C=O) groups is 1. The highest BCUT2D eigenvalue weighted by atomic mass is 35.5. The fourth-order valence-electron chi connectivity index (χ4n) is 1.48. The monoisotopic (exact) mass is 309 g/mol. The molecule has 0 radical (unpaired) electrons. The van der Waals surface area contributed by atoms with Crippen LogP contribution in [0, 0.1) is 0 Å². The summed E-state index contributed by atoms with van der Waals surface area (Å²) in [5.74, 6) is 0.0602. The van der Waals surface area contributed by atoms with Crippen LogP contribution in [0.4, 0.5) is 5.69 Å². The number of amidine groups is 1. The molecule has 2 aromatic rings. The Morgan fingerprint density at radius 3 is 2.90 bits per heavy atom. The highest BCUT2D eigenvalue weighted by Crippen LogP contribution is 2.19. The Kier molecular flexibility index (Phi) is 4.68. The molecule has 0 atom stereocenters. The van der Waals surface area contributed by atoms with Gasteiger partial charge < -0.3 is 25.4 Å². The third kappa shape index (κ3) is 4.15. The first-order valence-electron chi connectivity index (χ1n) is 5.84. The van der Waals surface area contributed by atoms with Gasteiger partial charge in [0.1, 0.15) is 12.4 Å². The fraction of sp³-hybridized carbons (Fsp3) is 0.0769. The zero-order valence-corrected chi connectivity index (χ0v) is 11.5. The average Bonchev–Trinajstić information content (AvgIpc) is 2.92. The summed E-state index contributed by atoms with van der Waals surface area (Å²) in [6.45, 7) is -0.0678. The van der Waals surface area contributed by atoms with Gasteiger partial charge in [0, 0.05) is 11.8 Å². The number of furan rings is 1. The number of ether oxygens (including phenoxy) is 1. The van der Waals surface area contributed by atoms with E-state index in [1.165, 1.54) is 12.1 Å². The molecular formula is C13H12ClN3O4. The zero-order valence-electron chi connectivity index (χ0n) is 10.7. The number of benzene rings is 1. The number of carbonyl (C=O) groups excluding carboxylic acids is 1. The highest BCUT2D eigenvalue weighted by molar-refractivity contribution is 6.29. The van der Waals surface area contributed by atoms with Gasteiger partial charge in [0.2, 0.25) is 0 Å². The lowest BCUT2D eigenvalue weighted by Crippen LogP contribution is -2.20. The quantitative estimate of drug-likeness (QED) is 0.340. The molecule has 0 aliphatic carbocycles. The van der Waals surface area contributed by atoms with Gasteiger partial charge in [-0.05, 0) is 35.9 Å². The molecule has 1 aromatic heterocycles. The van der Waals surface area contributed by atoms with Crippen molar-refractivity contribution >= 4 is 29.0 Å². The van der Waals surface area contributed by atoms with Crippen LogP contribution in [0.2, 0.25) is 5.22 Å². The van der Waals surface area contributed by atoms with Crippen LogP contribution in [-0.2, 0) is 0 Å². The molecule has 0 spiro atoms. The maximum Gasteiger partial charge on any atom is 0.291 e.